The molecule has 1 saturated carbocycles. The summed E-state index contributed by atoms with van der Waals surface area (Å²) in [5, 5.41) is 0. The molecule has 0 radical (unpaired) electrons. The first kappa shape index (κ1) is 23.2. The Morgan fingerprint density at radius 3 is 1.89 bits per heavy atom. The zero-order valence-corrected chi connectivity index (χ0v) is 13.7. The Kier molecular flexibility index (Phi) is 8.03. The van der Waals surface area contributed by atoms with Crippen LogP contribution in [0.4, 0.5) is 35.1 Å². The number of ether oxygens (including phenoxy) is 2. The van der Waals surface area contributed by atoms with E-state index in [4.69, 9.17) is 4.74 Å². The van der Waals surface area contributed by atoms with Crippen molar-refractivity contribution < 1.29 is 54.2 Å². The average molecular weight is 412 g/mol. The fraction of sp³-hybridized carbons (Fsp3) is 0.733. The molecule has 0 aromatic carbocycles. The molecule has 1 rings (SSSR count). The van der Waals surface area contributed by atoms with Crippen LogP contribution in [0.15, 0.2) is 12.2 Å². The molecule has 12 heteroatoms. The molecule has 2 unspecified atom stereocenters. The largest absolute Gasteiger partial charge is 0.459 e. The van der Waals surface area contributed by atoms with Crippen molar-refractivity contribution in [1.82, 2.24) is 0 Å². The van der Waals surface area contributed by atoms with E-state index >= 15 is 0 Å². The Morgan fingerprint density at radius 1 is 0.852 bits per heavy atom. The van der Waals surface area contributed by atoms with Gasteiger partial charge < -0.3 is 9.47 Å². The number of alkyl halides is 8. The maximum Gasteiger partial charge on any atom is 0.378 e. The minimum Gasteiger partial charge on any atom is -0.459 e. The highest BCUT2D eigenvalue weighted by Gasteiger charge is 2.70. The molecule has 0 aromatic rings. The zero-order chi connectivity index (χ0) is 20.8. The summed E-state index contributed by atoms with van der Waals surface area (Å²) in [7, 11) is 0. The topological polar surface area (TPSA) is 52.6 Å². The van der Waals surface area contributed by atoms with Crippen molar-refractivity contribution in [3.05, 3.63) is 12.2 Å². The molecule has 156 valence electrons. The first-order valence-corrected chi connectivity index (χ1v) is 7.80. The molecule has 1 fully saturated rings. The van der Waals surface area contributed by atoms with Crippen molar-refractivity contribution in [2.24, 2.45) is 0 Å². The average Bonchev–Trinajstić information content (AvgIpc) is 2.59. The van der Waals surface area contributed by atoms with Crippen LogP contribution in [0.1, 0.15) is 32.1 Å². The van der Waals surface area contributed by atoms with E-state index in [1.807, 2.05) is 0 Å². The minimum atomic E-state index is -6.15. The highest BCUT2D eigenvalue weighted by molar-refractivity contribution is 5.91. The van der Waals surface area contributed by atoms with Gasteiger partial charge in [0.1, 0.15) is 6.10 Å². The lowest BCUT2D eigenvalue weighted by Gasteiger charge is -2.30. The molecule has 0 heterocycles. The molecular weight excluding hydrogens is 396 g/mol. The Labute approximate surface area is 148 Å². The first-order valence-electron chi connectivity index (χ1n) is 7.80. The SMILES string of the molecule is O=C(/C=C/C(=O)OC(F)C(F)(F)C(F)(F)C(F)C(F)F)OC1CCCCC1. The van der Waals surface area contributed by atoms with Gasteiger partial charge in [0.15, 0.2) is 0 Å². The summed E-state index contributed by atoms with van der Waals surface area (Å²) in [4.78, 5) is 22.6. The molecular formula is C15H16F8O4. The van der Waals surface area contributed by atoms with E-state index in [1.54, 1.807) is 0 Å². The van der Waals surface area contributed by atoms with Crippen LogP contribution < -0.4 is 0 Å². The van der Waals surface area contributed by atoms with E-state index in [9.17, 15) is 44.7 Å². The summed E-state index contributed by atoms with van der Waals surface area (Å²) in [6.07, 6.45) is -9.81. The maximum atomic E-state index is 13.2. The van der Waals surface area contributed by atoms with E-state index < -0.39 is 48.8 Å². The Bertz CT molecular complexity index is 546. The van der Waals surface area contributed by atoms with Crippen LogP contribution in [-0.2, 0) is 19.1 Å². The predicted octanol–water partition coefficient (Wildman–Crippen LogP) is 4.13. The third kappa shape index (κ3) is 6.06. The number of carbonyl (C=O) groups excluding carboxylic acids is 2. The van der Waals surface area contributed by atoms with Crippen LogP contribution >= 0.6 is 0 Å². The second-order valence-corrected chi connectivity index (χ2v) is 5.77. The first-order chi connectivity index (χ1) is 12.4. The zero-order valence-electron chi connectivity index (χ0n) is 13.7. The molecule has 0 N–H and O–H groups in total. The van der Waals surface area contributed by atoms with Gasteiger partial charge in [-0.3, -0.25) is 0 Å². The molecule has 27 heavy (non-hydrogen) atoms. The molecule has 0 aromatic heterocycles. The van der Waals surface area contributed by atoms with E-state index in [1.165, 1.54) is 0 Å². The Hall–Kier alpha value is -1.88. The molecule has 0 aliphatic heterocycles. The van der Waals surface area contributed by atoms with Gasteiger partial charge in [-0.1, -0.05) is 6.42 Å². The van der Waals surface area contributed by atoms with Gasteiger partial charge in [-0.05, 0) is 25.7 Å². The number of carbonyl (C=O) groups is 2. The van der Waals surface area contributed by atoms with Crippen LogP contribution in [0.3, 0.4) is 0 Å². The number of hydrogen-bond acceptors (Lipinski definition) is 4. The lowest BCUT2D eigenvalue weighted by Crippen LogP contribution is -2.56. The fourth-order valence-electron chi connectivity index (χ4n) is 2.23. The quantitative estimate of drug-likeness (QED) is 0.342. The number of halogens is 8. The summed E-state index contributed by atoms with van der Waals surface area (Å²) in [5.74, 6) is -15.3. The minimum absolute atomic E-state index is 0.131. The van der Waals surface area contributed by atoms with E-state index in [-0.39, 0.29) is 6.08 Å². The second-order valence-electron chi connectivity index (χ2n) is 5.77. The van der Waals surface area contributed by atoms with Gasteiger partial charge in [0, 0.05) is 12.2 Å². The molecule has 0 saturated heterocycles. The van der Waals surface area contributed by atoms with Gasteiger partial charge in [-0.2, -0.15) is 22.0 Å². The molecule has 4 nitrogen and oxygen atoms in total. The van der Waals surface area contributed by atoms with Gasteiger partial charge in [-0.25, -0.2) is 22.8 Å². The van der Waals surface area contributed by atoms with Crippen LogP contribution in [0.5, 0.6) is 0 Å². The van der Waals surface area contributed by atoms with Crippen molar-refractivity contribution in [3.63, 3.8) is 0 Å². The lowest BCUT2D eigenvalue weighted by atomic mass is 9.98. The Morgan fingerprint density at radius 2 is 1.37 bits per heavy atom. The van der Waals surface area contributed by atoms with Gasteiger partial charge in [0.2, 0.25) is 6.17 Å². The highest BCUT2D eigenvalue weighted by Crippen LogP contribution is 2.44. The van der Waals surface area contributed by atoms with Crippen LogP contribution in [0.2, 0.25) is 0 Å². The molecule has 0 spiro atoms. The number of rotatable bonds is 8. The lowest BCUT2D eigenvalue weighted by molar-refractivity contribution is -0.312. The molecule has 2 atom stereocenters. The smallest absolute Gasteiger partial charge is 0.378 e. The monoisotopic (exact) mass is 412 g/mol. The normalized spacial score (nSPS) is 19.1. The van der Waals surface area contributed by atoms with Gasteiger partial charge in [0.25, 0.3) is 6.43 Å². The summed E-state index contributed by atoms with van der Waals surface area (Å²) in [6, 6.07) is 0. The van der Waals surface area contributed by atoms with Crippen LogP contribution in [0.25, 0.3) is 0 Å². The van der Waals surface area contributed by atoms with Crippen molar-refractivity contribution >= 4 is 11.9 Å². The van der Waals surface area contributed by atoms with Crippen LogP contribution in [0, 0.1) is 0 Å². The number of hydrogen-bond donors (Lipinski definition) is 0. The van der Waals surface area contributed by atoms with E-state index in [2.05, 4.69) is 4.74 Å². The third-order valence-electron chi connectivity index (χ3n) is 3.71. The standard InChI is InChI=1S/C15H16F8O4/c16-11(12(17)18)14(20,21)15(22,23)13(19)27-10(25)7-6-9(24)26-8-4-2-1-3-5-8/h6-8,11-13H,1-5H2/b7-6+. The highest BCUT2D eigenvalue weighted by atomic mass is 19.3. The van der Waals surface area contributed by atoms with Crippen molar-refractivity contribution in [2.45, 2.75) is 69.0 Å². The van der Waals surface area contributed by atoms with E-state index in [0.717, 1.165) is 19.3 Å². The van der Waals surface area contributed by atoms with Crippen LogP contribution in [-0.4, -0.2) is 48.8 Å². The Balaban J connectivity index is 2.62. The van der Waals surface area contributed by atoms with Gasteiger partial charge in [-0.15, -0.1) is 0 Å². The molecule has 1 aliphatic carbocycles. The fourth-order valence-corrected chi connectivity index (χ4v) is 2.23. The number of esters is 2. The summed E-state index contributed by atoms with van der Waals surface area (Å²) in [6.45, 7) is 0. The van der Waals surface area contributed by atoms with Gasteiger partial charge in [0.05, 0.1) is 0 Å². The van der Waals surface area contributed by atoms with Crippen molar-refractivity contribution in [1.29, 1.82) is 0 Å². The van der Waals surface area contributed by atoms with Crippen molar-refractivity contribution in [3.8, 4) is 0 Å². The molecule has 1 aliphatic rings. The summed E-state index contributed by atoms with van der Waals surface area (Å²) < 4.78 is 110. The van der Waals surface area contributed by atoms with Gasteiger partial charge >= 0.3 is 30.1 Å². The molecule has 0 amide bonds. The third-order valence-corrected chi connectivity index (χ3v) is 3.71. The maximum absolute atomic E-state index is 13.2. The second kappa shape index (κ2) is 9.36. The summed E-state index contributed by atoms with van der Waals surface area (Å²) >= 11 is 0. The molecule has 0 bridgehead atoms. The summed E-state index contributed by atoms with van der Waals surface area (Å²) in [5.41, 5.74) is 0. The predicted molar refractivity (Wildman–Crippen MR) is 73.9 cm³/mol. The van der Waals surface area contributed by atoms with Crippen molar-refractivity contribution in [2.75, 3.05) is 0 Å². The van der Waals surface area contributed by atoms with E-state index in [0.29, 0.717) is 18.9 Å².